The van der Waals surface area contributed by atoms with Crippen molar-refractivity contribution in [2.45, 2.75) is 25.4 Å². The van der Waals surface area contributed by atoms with Crippen LogP contribution in [-0.2, 0) is 13.0 Å². The van der Waals surface area contributed by atoms with Gasteiger partial charge >= 0.3 is 0 Å². The molecule has 0 saturated heterocycles. The topological polar surface area (TPSA) is 12.0 Å². The molecule has 1 atom stereocenters. The Hall–Kier alpha value is -1.02. The normalized spacial score (nSPS) is 17.5. The van der Waals surface area contributed by atoms with Crippen molar-refractivity contribution in [3.05, 3.63) is 69.2 Å². The average Bonchev–Trinajstić information content (AvgIpc) is 2.82. The van der Waals surface area contributed by atoms with E-state index in [9.17, 15) is 0 Å². The summed E-state index contributed by atoms with van der Waals surface area (Å²) in [6, 6.07) is 14.7. The first-order chi connectivity index (χ1) is 9.25. The van der Waals surface area contributed by atoms with E-state index < -0.39 is 0 Å². The Kier molecular flexibility index (Phi) is 3.79. The molecule has 3 heteroatoms. The monoisotopic (exact) mass is 291 g/mol. The zero-order valence-corrected chi connectivity index (χ0v) is 12.0. The summed E-state index contributed by atoms with van der Waals surface area (Å²) in [6.07, 6.45) is 2.28. The molecule has 1 aliphatic rings. The van der Waals surface area contributed by atoms with Gasteiger partial charge < -0.3 is 5.32 Å². The van der Waals surface area contributed by atoms with Gasteiger partial charge in [-0.1, -0.05) is 53.5 Å². The van der Waals surface area contributed by atoms with Crippen LogP contribution in [0.2, 0.25) is 10.0 Å². The molecule has 2 aromatic carbocycles. The molecule has 0 heterocycles. The third-order valence-electron chi connectivity index (χ3n) is 3.72. The minimum Gasteiger partial charge on any atom is -0.306 e. The Morgan fingerprint density at radius 1 is 1.00 bits per heavy atom. The molecule has 0 fully saturated rings. The van der Waals surface area contributed by atoms with Gasteiger partial charge in [0.1, 0.15) is 0 Å². The highest BCUT2D eigenvalue weighted by atomic mass is 35.5. The smallest absolute Gasteiger partial charge is 0.0465 e. The highest BCUT2D eigenvalue weighted by Crippen LogP contribution is 2.32. The maximum Gasteiger partial charge on any atom is 0.0465 e. The predicted molar refractivity (Wildman–Crippen MR) is 80.8 cm³/mol. The lowest BCUT2D eigenvalue weighted by Crippen LogP contribution is -2.19. The molecule has 0 amide bonds. The molecule has 1 nitrogen and oxygen atoms in total. The molecule has 0 saturated carbocycles. The third kappa shape index (κ3) is 2.64. The van der Waals surface area contributed by atoms with Crippen LogP contribution in [0.3, 0.4) is 0 Å². The summed E-state index contributed by atoms with van der Waals surface area (Å²) in [5.74, 6) is 0. The average molecular weight is 292 g/mol. The lowest BCUT2D eigenvalue weighted by atomic mass is 10.1. The van der Waals surface area contributed by atoms with Crippen LogP contribution in [0.5, 0.6) is 0 Å². The Labute approximate surface area is 123 Å². The molecule has 0 aromatic heterocycles. The second-order valence-corrected chi connectivity index (χ2v) is 5.69. The minimum atomic E-state index is 0.406. The number of aryl methyl sites for hydroxylation is 1. The molecule has 19 heavy (non-hydrogen) atoms. The van der Waals surface area contributed by atoms with Gasteiger partial charge in [0.2, 0.25) is 0 Å². The fraction of sp³-hybridized carbons (Fsp3) is 0.250. The standard InChI is InChI=1S/C16H15Cl2N/c17-14-6-3-7-15(18)13(14)10-19-16-9-8-11-4-1-2-5-12(11)16/h1-7,16,19H,8-10H2. The van der Waals surface area contributed by atoms with Crippen molar-refractivity contribution in [2.24, 2.45) is 0 Å². The molecule has 1 N–H and O–H groups in total. The van der Waals surface area contributed by atoms with E-state index in [1.54, 1.807) is 0 Å². The Bertz CT molecular complexity index is 575. The van der Waals surface area contributed by atoms with Crippen LogP contribution >= 0.6 is 23.2 Å². The van der Waals surface area contributed by atoms with E-state index in [-0.39, 0.29) is 0 Å². The quantitative estimate of drug-likeness (QED) is 0.859. The number of nitrogens with one attached hydrogen (secondary N) is 1. The third-order valence-corrected chi connectivity index (χ3v) is 4.43. The zero-order valence-electron chi connectivity index (χ0n) is 10.5. The summed E-state index contributed by atoms with van der Waals surface area (Å²) >= 11 is 12.4. The van der Waals surface area contributed by atoms with Crippen LogP contribution in [0, 0.1) is 0 Å². The summed E-state index contributed by atoms with van der Waals surface area (Å²) in [6.45, 7) is 0.706. The van der Waals surface area contributed by atoms with Gasteiger partial charge in [0.15, 0.2) is 0 Å². The largest absolute Gasteiger partial charge is 0.306 e. The van der Waals surface area contributed by atoms with E-state index >= 15 is 0 Å². The van der Waals surface area contributed by atoms with Crippen LogP contribution < -0.4 is 5.32 Å². The van der Waals surface area contributed by atoms with Crippen molar-refractivity contribution >= 4 is 23.2 Å². The summed E-state index contributed by atoms with van der Waals surface area (Å²) in [5, 5.41) is 5.02. The lowest BCUT2D eigenvalue weighted by molar-refractivity contribution is 0.530. The molecular formula is C16H15Cl2N. The summed E-state index contributed by atoms with van der Waals surface area (Å²) in [7, 11) is 0. The number of rotatable bonds is 3. The van der Waals surface area contributed by atoms with Gasteiger partial charge in [-0.2, -0.15) is 0 Å². The van der Waals surface area contributed by atoms with Crippen LogP contribution in [0.4, 0.5) is 0 Å². The molecule has 0 spiro atoms. The molecule has 98 valence electrons. The van der Waals surface area contributed by atoms with E-state index in [2.05, 4.69) is 29.6 Å². The fourth-order valence-electron chi connectivity index (χ4n) is 2.70. The maximum atomic E-state index is 6.19. The Balaban J connectivity index is 1.75. The van der Waals surface area contributed by atoms with Gasteiger partial charge in [-0.05, 0) is 36.1 Å². The summed E-state index contributed by atoms with van der Waals surface area (Å²) < 4.78 is 0. The summed E-state index contributed by atoms with van der Waals surface area (Å²) in [5.41, 5.74) is 3.84. The van der Waals surface area contributed by atoms with Crippen molar-refractivity contribution in [1.29, 1.82) is 0 Å². The Morgan fingerprint density at radius 2 is 1.74 bits per heavy atom. The van der Waals surface area contributed by atoms with E-state index in [1.807, 2.05) is 18.2 Å². The maximum absolute atomic E-state index is 6.19. The van der Waals surface area contributed by atoms with Crippen molar-refractivity contribution in [1.82, 2.24) is 5.32 Å². The van der Waals surface area contributed by atoms with Gasteiger partial charge in [-0.25, -0.2) is 0 Å². The molecular weight excluding hydrogens is 277 g/mol. The first-order valence-electron chi connectivity index (χ1n) is 6.50. The molecule has 0 aliphatic heterocycles. The molecule has 0 bridgehead atoms. The predicted octanol–water partition coefficient (Wildman–Crippen LogP) is 4.77. The number of hydrogen-bond donors (Lipinski definition) is 1. The number of halogens is 2. The fourth-order valence-corrected chi connectivity index (χ4v) is 3.23. The van der Waals surface area contributed by atoms with Gasteiger partial charge in [-0.15, -0.1) is 0 Å². The first-order valence-corrected chi connectivity index (χ1v) is 7.25. The molecule has 1 unspecified atom stereocenters. The second kappa shape index (κ2) is 5.54. The van der Waals surface area contributed by atoms with Crippen LogP contribution in [0.15, 0.2) is 42.5 Å². The van der Waals surface area contributed by atoms with Crippen LogP contribution in [0.25, 0.3) is 0 Å². The van der Waals surface area contributed by atoms with Crippen molar-refractivity contribution in [3.8, 4) is 0 Å². The highest BCUT2D eigenvalue weighted by Gasteiger charge is 2.21. The van der Waals surface area contributed by atoms with Gasteiger partial charge in [0, 0.05) is 28.2 Å². The minimum absolute atomic E-state index is 0.406. The lowest BCUT2D eigenvalue weighted by Gasteiger charge is -2.15. The van der Waals surface area contributed by atoms with Crippen LogP contribution in [0.1, 0.15) is 29.2 Å². The van der Waals surface area contributed by atoms with E-state index in [4.69, 9.17) is 23.2 Å². The van der Waals surface area contributed by atoms with E-state index in [0.29, 0.717) is 12.6 Å². The zero-order chi connectivity index (χ0) is 13.2. The Morgan fingerprint density at radius 3 is 2.53 bits per heavy atom. The molecule has 1 aliphatic carbocycles. The SMILES string of the molecule is Clc1cccc(Cl)c1CNC1CCc2ccccc21. The van der Waals surface area contributed by atoms with Crippen molar-refractivity contribution < 1.29 is 0 Å². The van der Waals surface area contributed by atoms with Gasteiger partial charge in [0.05, 0.1) is 0 Å². The van der Waals surface area contributed by atoms with Gasteiger partial charge in [-0.3, -0.25) is 0 Å². The van der Waals surface area contributed by atoms with Crippen molar-refractivity contribution in [2.75, 3.05) is 0 Å². The number of hydrogen-bond acceptors (Lipinski definition) is 1. The number of fused-ring (bicyclic) bond motifs is 1. The summed E-state index contributed by atoms with van der Waals surface area (Å²) in [4.78, 5) is 0. The van der Waals surface area contributed by atoms with Gasteiger partial charge in [0.25, 0.3) is 0 Å². The van der Waals surface area contributed by atoms with Crippen molar-refractivity contribution in [3.63, 3.8) is 0 Å². The van der Waals surface area contributed by atoms with E-state index in [1.165, 1.54) is 11.1 Å². The van der Waals surface area contributed by atoms with Crippen LogP contribution in [-0.4, -0.2) is 0 Å². The molecule has 0 radical (unpaired) electrons. The van der Waals surface area contributed by atoms with E-state index in [0.717, 1.165) is 28.5 Å². The molecule has 2 aromatic rings. The second-order valence-electron chi connectivity index (χ2n) is 4.87. The first kappa shape index (κ1) is 13.0. The highest BCUT2D eigenvalue weighted by molar-refractivity contribution is 6.35. The number of benzene rings is 2. The molecule has 3 rings (SSSR count).